The second kappa shape index (κ2) is 5.11. The molecule has 1 fully saturated rings. The molecule has 0 radical (unpaired) electrons. The Morgan fingerprint density at radius 1 is 1.28 bits per heavy atom. The van der Waals surface area contributed by atoms with Gasteiger partial charge in [-0.05, 0) is 31.9 Å². The first-order valence-corrected chi connectivity index (χ1v) is 6.70. The molecule has 1 unspecified atom stereocenters. The summed E-state index contributed by atoms with van der Waals surface area (Å²) in [6.07, 6.45) is 2.15. The van der Waals surface area contributed by atoms with E-state index in [4.69, 9.17) is 0 Å². The minimum Gasteiger partial charge on any atom is -0.327 e. The van der Waals surface area contributed by atoms with E-state index in [0.29, 0.717) is 0 Å². The van der Waals surface area contributed by atoms with Crippen LogP contribution in [0.25, 0.3) is 0 Å². The van der Waals surface area contributed by atoms with Crippen molar-refractivity contribution in [2.75, 3.05) is 18.9 Å². The number of likely N-dealkylation sites (tertiary alicyclic amines) is 1. The van der Waals surface area contributed by atoms with Gasteiger partial charge in [0.25, 0.3) is 5.91 Å². The summed E-state index contributed by atoms with van der Waals surface area (Å²) >= 11 is 0. The van der Waals surface area contributed by atoms with Gasteiger partial charge in [0.15, 0.2) is 6.04 Å². The van der Waals surface area contributed by atoms with Crippen LogP contribution in [-0.4, -0.2) is 25.5 Å². The fourth-order valence-electron chi connectivity index (χ4n) is 2.95. The van der Waals surface area contributed by atoms with Crippen LogP contribution in [0.15, 0.2) is 12.1 Å². The van der Waals surface area contributed by atoms with Gasteiger partial charge in [0.1, 0.15) is 0 Å². The summed E-state index contributed by atoms with van der Waals surface area (Å²) in [6.45, 7) is 7.30. The average molecular weight is 247 g/mol. The molecule has 1 aliphatic rings. The van der Waals surface area contributed by atoms with E-state index in [0.717, 1.165) is 36.2 Å². The minimum atomic E-state index is 0.116. The molecule has 1 aromatic carbocycles. The van der Waals surface area contributed by atoms with Crippen LogP contribution in [0.4, 0.5) is 5.69 Å². The zero-order chi connectivity index (χ0) is 13.3. The molecule has 0 saturated carbocycles. The molecule has 0 spiro atoms. The lowest BCUT2D eigenvalue weighted by atomic mass is 10.0. The van der Waals surface area contributed by atoms with Gasteiger partial charge in [-0.3, -0.25) is 4.79 Å². The van der Waals surface area contributed by atoms with Crippen molar-refractivity contribution in [3.8, 4) is 0 Å². The van der Waals surface area contributed by atoms with Crippen LogP contribution in [0.5, 0.6) is 0 Å². The number of quaternary nitrogens is 1. The van der Waals surface area contributed by atoms with E-state index in [1.807, 2.05) is 0 Å². The van der Waals surface area contributed by atoms with Crippen LogP contribution in [0.3, 0.4) is 0 Å². The maximum Gasteiger partial charge on any atom is 0.282 e. The summed E-state index contributed by atoms with van der Waals surface area (Å²) in [7, 11) is 2.10. The van der Waals surface area contributed by atoms with E-state index in [1.54, 1.807) is 0 Å². The van der Waals surface area contributed by atoms with Gasteiger partial charge in [0, 0.05) is 18.5 Å². The van der Waals surface area contributed by atoms with Gasteiger partial charge >= 0.3 is 0 Å². The van der Waals surface area contributed by atoms with Crippen LogP contribution >= 0.6 is 0 Å². The number of likely N-dealkylation sites (N-methyl/N-ethyl adjacent to an activating group) is 1. The Morgan fingerprint density at radius 3 is 2.39 bits per heavy atom. The standard InChI is InChI=1S/C15H22N2O/c1-10-8-11(2)14(12(3)9-10)16-15(18)13-6-5-7-17(13)4/h8-9,13H,5-7H2,1-4H3,(H,16,18)/p+1/t13-/m1/s1. The summed E-state index contributed by atoms with van der Waals surface area (Å²) in [5, 5.41) is 3.12. The normalized spacial score (nSPS) is 23.1. The monoisotopic (exact) mass is 247 g/mol. The molecule has 0 bridgehead atoms. The number of amides is 1. The first kappa shape index (κ1) is 13.1. The summed E-state index contributed by atoms with van der Waals surface area (Å²) in [5.74, 6) is 0.167. The molecule has 3 nitrogen and oxygen atoms in total. The molecule has 1 aliphatic heterocycles. The van der Waals surface area contributed by atoms with Gasteiger partial charge in [-0.1, -0.05) is 17.7 Å². The number of carbonyl (C=O) groups is 1. The Balaban J connectivity index is 2.17. The van der Waals surface area contributed by atoms with Crippen LogP contribution in [0.1, 0.15) is 29.5 Å². The van der Waals surface area contributed by atoms with E-state index in [2.05, 4.69) is 45.3 Å². The Labute approximate surface area is 109 Å². The van der Waals surface area contributed by atoms with Crippen molar-refractivity contribution in [3.05, 3.63) is 28.8 Å². The number of nitrogens with one attached hydrogen (secondary N) is 2. The average Bonchev–Trinajstić information content (AvgIpc) is 2.69. The highest BCUT2D eigenvalue weighted by Gasteiger charge is 2.32. The van der Waals surface area contributed by atoms with E-state index in [-0.39, 0.29) is 11.9 Å². The first-order chi connectivity index (χ1) is 8.49. The molecular formula is C15H23N2O+. The molecule has 1 saturated heterocycles. The highest BCUT2D eigenvalue weighted by atomic mass is 16.2. The molecule has 98 valence electrons. The molecule has 1 heterocycles. The molecule has 18 heavy (non-hydrogen) atoms. The second-order valence-electron chi connectivity index (χ2n) is 5.55. The summed E-state index contributed by atoms with van der Waals surface area (Å²) in [5.41, 5.74) is 4.53. The smallest absolute Gasteiger partial charge is 0.282 e. The van der Waals surface area contributed by atoms with Crippen molar-refractivity contribution in [1.29, 1.82) is 0 Å². The van der Waals surface area contributed by atoms with Crippen molar-refractivity contribution in [2.45, 2.75) is 39.7 Å². The van der Waals surface area contributed by atoms with Gasteiger partial charge in [-0.2, -0.15) is 0 Å². The Bertz CT molecular complexity index is 445. The van der Waals surface area contributed by atoms with Crippen molar-refractivity contribution < 1.29 is 9.69 Å². The zero-order valence-corrected chi connectivity index (χ0v) is 11.8. The number of benzene rings is 1. The molecule has 0 aromatic heterocycles. The molecule has 2 N–H and O–H groups in total. The maximum atomic E-state index is 12.3. The maximum absolute atomic E-state index is 12.3. The SMILES string of the molecule is Cc1cc(C)c(NC(=O)[C@H]2CCC[NH+]2C)c(C)c1. The van der Waals surface area contributed by atoms with Crippen LogP contribution in [0.2, 0.25) is 0 Å². The quantitative estimate of drug-likeness (QED) is 0.809. The van der Waals surface area contributed by atoms with Crippen molar-refractivity contribution in [2.24, 2.45) is 0 Å². The highest BCUT2D eigenvalue weighted by molar-refractivity contribution is 5.95. The fourth-order valence-corrected chi connectivity index (χ4v) is 2.95. The van der Waals surface area contributed by atoms with Crippen LogP contribution < -0.4 is 10.2 Å². The van der Waals surface area contributed by atoms with E-state index >= 15 is 0 Å². The predicted octanol–water partition coefficient (Wildman–Crippen LogP) is 1.23. The number of aryl methyl sites for hydroxylation is 3. The third-order valence-electron chi connectivity index (χ3n) is 3.90. The van der Waals surface area contributed by atoms with Crippen molar-refractivity contribution in [3.63, 3.8) is 0 Å². The van der Waals surface area contributed by atoms with Crippen LogP contribution in [-0.2, 0) is 4.79 Å². The van der Waals surface area contributed by atoms with Gasteiger partial charge < -0.3 is 10.2 Å². The molecule has 1 amide bonds. The van der Waals surface area contributed by atoms with E-state index in [1.165, 1.54) is 10.5 Å². The van der Waals surface area contributed by atoms with Crippen LogP contribution in [0, 0.1) is 20.8 Å². The van der Waals surface area contributed by atoms with Gasteiger partial charge in [-0.25, -0.2) is 0 Å². The zero-order valence-electron chi connectivity index (χ0n) is 11.8. The molecular weight excluding hydrogens is 224 g/mol. The fraction of sp³-hybridized carbons (Fsp3) is 0.533. The summed E-state index contributed by atoms with van der Waals surface area (Å²) in [4.78, 5) is 13.6. The molecule has 3 heteroatoms. The summed E-state index contributed by atoms with van der Waals surface area (Å²) in [6, 6.07) is 4.35. The third kappa shape index (κ3) is 2.56. The Morgan fingerprint density at radius 2 is 1.89 bits per heavy atom. The lowest BCUT2D eigenvalue weighted by molar-refractivity contribution is -0.882. The number of hydrogen-bond donors (Lipinski definition) is 2. The van der Waals surface area contributed by atoms with Crippen molar-refractivity contribution in [1.82, 2.24) is 0 Å². The predicted molar refractivity (Wildman–Crippen MR) is 74.1 cm³/mol. The molecule has 2 rings (SSSR count). The number of hydrogen-bond acceptors (Lipinski definition) is 1. The van der Waals surface area contributed by atoms with Crippen molar-refractivity contribution >= 4 is 11.6 Å². The number of rotatable bonds is 2. The first-order valence-electron chi connectivity index (χ1n) is 6.70. The Kier molecular flexibility index (Phi) is 3.71. The number of anilines is 1. The number of carbonyl (C=O) groups excluding carboxylic acids is 1. The topological polar surface area (TPSA) is 33.5 Å². The third-order valence-corrected chi connectivity index (χ3v) is 3.90. The summed E-state index contributed by atoms with van der Waals surface area (Å²) < 4.78 is 0. The highest BCUT2D eigenvalue weighted by Crippen LogP contribution is 2.22. The molecule has 1 aromatic rings. The second-order valence-corrected chi connectivity index (χ2v) is 5.55. The molecule has 0 aliphatic carbocycles. The Hall–Kier alpha value is -1.35. The largest absolute Gasteiger partial charge is 0.327 e. The lowest BCUT2D eigenvalue weighted by Crippen LogP contribution is -3.12. The van der Waals surface area contributed by atoms with E-state index < -0.39 is 0 Å². The molecule has 2 atom stereocenters. The lowest BCUT2D eigenvalue weighted by Gasteiger charge is -2.18. The van der Waals surface area contributed by atoms with Gasteiger partial charge in [-0.15, -0.1) is 0 Å². The van der Waals surface area contributed by atoms with Gasteiger partial charge in [0.05, 0.1) is 13.6 Å². The van der Waals surface area contributed by atoms with E-state index in [9.17, 15) is 4.79 Å². The van der Waals surface area contributed by atoms with Gasteiger partial charge in [0.2, 0.25) is 0 Å². The minimum absolute atomic E-state index is 0.116.